The Bertz CT molecular complexity index is 567. The third-order valence-corrected chi connectivity index (χ3v) is 5.07. The van der Waals surface area contributed by atoms with Crippen LogP contribution >= 0.6 is 0 Å². The lowest BCUT2D eigenvalue weighted by Crippen LogP contribution is -2.48. The number of piperazine rings is 1. The van der Waals surface area contributed by atoms with Gasteiger partial charge in [0.25, 0.3) is 0 Å². The van der Waals surface area contributed by atoms with Gasteiger partial charge in [0.2, 0.25) is 11.8 Å². The van der Waals surface area contributed by atoms with E-state index in [1.165, 1.54) is 5.69 Å². The van der Waals surface area contributed by atoms with Gasteiger partial charge in [-0.1, -0.05) is 25.1 Å². The maximum atomic E-state index is 12.3. The van der Waals surface area contributed by atoms with Crippen molar-refractivity contribution < 1.29 is 9.59 Å². The zero-order valence-electron chi connectivity index (χ0n) is 14.4. The molecule has 2 aliphatic rings. The number of nitrogens with one attached hydrogen (secondary N) is 1. The fourth-order valence-corrected chi connectivity index (χ4v) is 3.28. The van der Waals surface area contributed by atoms with Crippen LogP contribution in [0.2, 0.25) is 0 Å². The molecule has 24 heavy (non-hydrogen) atoms. The number of anilines is 1. The van der Waals surface area contributed by atoms with E-state index in [1.807, 2.05) is 23.1 Å². The van der Waals surface area contributed by atoms with E-state index >= 15 is 0 Å². The first kappa shape index (κ1) is 16.8. The summed E-state index contributed by atoms with van der Waals surface area (Å²) < 4.78 is 0. The molecule has 1 heterocycles. The fraction of sp³-hybridized carbons (Fsp3) is 0.579. The molecule has 1 N–H and O–H groups in total. The highest BCUT2D eigenvalue weighted by Crippen LogP contribution is 2.37. The van der Waals surface area contributed by atoms with Crippen LogP contribution in [-0.2, 0) is 9.59 Å². The van der Waals surface area contributed by atoms with Gasteiger partial charge in [-0.2, -0.15) is 0 Å². The topological polar surface area (TPSA) is 52.7 Å². The van der Waals surface area contributed by atoms with E-state index < -0.39 is 0 Å². The average Bonchev–Trinajstić information content (AvgIpc) is 3.36. The second kappa shape index (κ2) is 7.69. The van der Waals surface area contributed by atoms with Gasteiger partial charge in [-0.05, 0) is 30.9 Å². The molecule has 2 atom stereocenters. The minimum absolute atomic E-state index is 0.159. The lowest BCUT2D eigenvalue weighted by molar-refractivity contribution is -0.131. The Morgan fingerprint density at radius 1 is 1.12 bits per heavy atom. The second-order valence-corrected chi connectivity index (χ2v) is 6.92. The highest BCUT2D eigenvalue weighted by Gasteiger charge is 2.38. The molecule has 5 heteroatoms. The van der Waals surface area contributed by atoms with Crippen molar-refractivity contribution in [3.8, 4) is 0 Å². The molecule has 0 unspecified atom stereocenters. The Labute approximate surface area is 144 Å². The van der Waals surface area contributed by atoms with E-state index in [-0.39, 0.29) is 17.7 Å². The van der Waals surface area contributed by atoms with Gasteiger partial charge in [-0.15, -0.1) is 0 Å². The van der Waals surface area contributed by atoms with Crippen molar-refractivity contribution in [3.05, 3.63) is 30.3 Å². The summed E-state index contributed by atoms with van der Waals surface area (Å²) in [4.78, 5) is 28.3. The highest BCUT2D eigenvalue weighted by atomic mass is 16.2. The predicted octanol–water partition coefficient (Wildman–Crippen LogP) is 1.89. The average molecular weight is 329 g/mol. The monoisotopic (exact) mass is 329 g/mol. The van der Waals surface area contributed by atoms with Crippen molar-refractivity contribution in [1.82, 2.24) is 10.2 Å². The minimum atomic E-state index is 0.159. The van der Waals surface area contributed by atoms with Crippen molar-refractivity contribution in [2.75, 3.05) is 37.6 Å². The van der Waals surface area contributed by atoms with Crippen LogP contribution in [0.25, 0.3) is 0 Å². The van der Waals surface area contributed by atoms with Gasteiger partial charge in [-0.25, -0.2) is 0 Å². The van der Waals surface area contributed by atoms with E-state index in [1.54, 1.807) is 0 Å². The summed E-state index contributed by atoms with van der Waals surface area (Å²) in [5.74, 6) is 1.11. The minimum Gasteiger partial charge on any atom is -0.368 e. The maximum absolute atomic E-state index is 12.3. The Morgan fingerprint density at radius 2 is 1.79 bits per heavy atom. The Morgan fingerprint density at radius 3 is 2.42 bits per heavy atom. The van der Waals surface area contributed by atoms with E-state index in [0.717, 1.165) is 39.0 Å². The molecule has 1 aromatic rings. The molecule has 0 bridgehead atoms. The number of rotatable bonds is 6. The third kappa shape index (κ3) is 4.28. The van der Waals surface area contributed by atoms with Crippen molar-refractivity contribution in [3.63, 3.8) is 0 Å². The summed E-state index contributed by atoms with van der Waals surface area (Å²) in [5, 5.41) is 2.94. The molecule has 0 aromatic heterocycles. The molecule has 2 amide bonds. The number of para-hydroxylation sites is 1. The molecule has 3 rings (SSSR count). The van der Waals surface area contributed by atoms with Crippen LogP contribution < -0.4 is 10.2 Å². The highest BCUT2D eigenvalue weighted by molar-refractivity contribution is 5.81. The number of benzene rings is 1. The summed E-state index contributed by atoms with van der Waals surface area (Å²) >= 11 is 0. The molecule has 5 nitrogen and oxygen atoms in total. The second-order valence-electron chi connectivity index (χ2n) is 6.92. The largest absolute Gasteiger partial charge is 0.368 e. The van der Waals surface area contributed by atoms with Crippen molar-refractivity contribution in [2.45, 2.75) is 26.2 Å². The third-order valence-electron chi connectivity index (χ3n) is 5.07. The molecule has 1 aliphatic carbocycles. The van der Waals surface area contributed by atoms with Crippen LogP contribution in [0.4, 0.5) is 5.69 Å². The number of carbonyl (C=O) groups excluding carboxylic acids is 2. The lowest BCUT2D eigenvalue weighted by atomic mass is 10.2. The van der Waals surface area contributed by atoms with Gasteiger partial charge in [0.1, 0.15) is 0 Å². The predicted molar refractivity (Wildman–Crippen MR) is 94.7 cm³/mol. The molecule has 0 radical (unpaired) electrons. The first-order valence-corrected chi connectivity index (χ1v) is 9.00. The van der Waals surface area contributed by atoms with Gasteiger partial charge >= 0.3 is 0 Å². The fourth-order valence-electron chi connectivity index (χ4n) is 3.28. The van der Waals surface area contributed by atoms with Gasteiger partial charge in [0.15, 0.2) is 0 Å². The van der Waals surface area contributed by atoms with Crippen LogP contribution in [0.3, 0.4) is 0 Å². The lowest BCUT2D eigenvalue weighted by Gasteiger charge is -2.36. The first-order valence-electron chi connectivity index (χ1n) is 9.00. The normalized spacial score (nSPS) is 23.0. The summed E-state index contributed by atoms with van der Waals surface area (Å²) in [6.45, 7) is 6.03. The SMILES string of the molecule is C[C@H]1C[C@@H]1C(=O)NCCCC(=O)N1CCN(c2ccccc2)CC1. The molecule has 1 saturated heterocycles. The Balaban J connectivity index is 1.33. The van der Waals surface area contributed by atoms with Crippen molar-refractivity contribution >= 4 is 17.5 Å². The number of hydrogen-bond donors (Lipinski definition) is 1. The number of amides is 2. The van der Waals surface area contributed by atoms with E-state index in [4.69, 9.17) is 0 Å². The van der Waals surface area contributed by atoms with E-state index in [0.29, 0.717) is 18.9 Å². The Hall–Kier alpha value is -2.04. The van der Waals surface area contributed by atoms with Gasteiger partial charge in [0.05, 0.1) is 0 Å². The summed E-state index contributed by atoms with van der Waals surface area (Å²) in [7, 11) is 0. The molecule has 0 spiro atoms. The van der Waals surface area contributed by atoms with Gasteiger partial charge in [-0.3, -0.25) is 9.59 Å². The van der Waals surface area contributed by atoms with Crippen LogP contribution in [0.1, 0.15) is 26.2 Å². The zero-order chi connectivity index (χ0) is 16.9. The van der Waals surface area contributed by atoms with Crippen LogP contribution in [0.5, 0.6) is 0 Å². The van der Waals surface area contributed by atoms with Crippen LogP contribution in [0, 0.1) is 11.8 Å². The van der Waals surface area contributed by atoms with E-state index in [9.17, 15) is 9.59 Å². The molecular weight excluding hydrogens is 302 g/mol. The van der Waals surface area contributed by atoms with Crippen LogP contribution in [-0.4, -0.2) is 49.4 Å². The molecule has 1 aromatic carbocycles. The van der Waals surface area contributed by atoms with Crippen LogP contribution in [0.15, 0.2) is 30.3 Å². The molecule has 1 saturated carbocycles. The quantitative estimate of drug-likeness (QED) is 0.811. The molecule has 1 aliphatic heterocycles. The number of carbonyl (C=O) groups is 2. The van der Waals surface area contributed by atoms with Crippen molar-refractivity contribution in [1.29, 1.82) is 0 Å². The van der Waals surface area contributed by atoms with Gasteiger partial charge < -0.3 is 15.1 Å². The zero-order valence-corrected chi connectivity index (χ0v) is 14.4. The summed E-state index contributed by atoms with van der Waals surface area (Å²) in [6.07, 6.45) is 2.26. The smallest absolute Gasteiger partial charge is 0.223 e. The number of nitrogens with zero attached hydrogens (tertiary/aromatic N) is 2. The van der Waals surface area contributed by atoms with Gasteiger partial charge in [0, 0.05) is 50.7 Å². The molecular formula is C19H27N3O2. The Kier molecular flexibility index (Phi) is 5.38. The molecule has 130 valence electrons. The summed E-state index contributed by atoms with van der Waals surface area (Å²) in [6, 6.07) is 10.3. The van der Waals surface area contributed by atoms with Crippen molar-refractivity contribution in [2.24, 2.45) is 11.8 Å². The first-order chi connectivity index (χ1) is 11.6. The maximum Gasteiger partial charge on any atom is 0.223 e. The standard InChI is InChI=1S/C19H27N3O2/c1-15-14-17(15)19(24)20-9-5-8-18(23)22-12-10-21(11-13-22)16-6-3-2-4-7-16/h2-4,6-7,15,17H,5,8-14H2,1H3,(H,20,24)/t15-,17-/m0/s1. The molecule has 2 fully saturated rings. The number of hydrogen-bond acceptors (Lipinski definition) is 3. The summed E-state index contributed by atoms with van der Waals surface area (Å²) in [5.41, 5.74) is 1.22. The van der Waals surface area contributed by atoms with E-state index in [2.05, 4.69) is 29.3 Å².